The molecule has 2 fully saturated rings. The van der Waals surface area contributed by atoms with Gasteiger partial charge >= 0.3 is 0 Å². The summed E-state index contributed by atoms with van der Waals surface area (Å²) in [4.78, 5) is 19.9. The first-order valence-corrected chi connectivity index (χ1v) is 7.88. The summed E-state index contributed by atoms with van der Waals surface area (Å²) < 4.78 is 31.9. The van der Waals surface area contributed by atoms with Crippen LogP contribution in [0, 0.1) is 11.6 Å². The Morgan fingerprint density at radius 3 is 3.00 bits per heavy atom. The minimum atomic E-state index is -0.918. The maximum absolute atomic E-state index is 13.3. The summed E-state index contributed by atoms with van der Waals surface area (Å²) in [6.07, 6.45) is 1.74. The van der Waals surface area contributed by atoms with Gasteiger partial charge in [-0.25, -0.2) is 8.78 Å². The summed E-state index contributed by atoms with van der Waals surface area (Å²) in [6.45, 7) is 5.54. The number of rotatable bonds is 2. The number of carbonyl (C=O) groups excluding carboxylic acids is 1. The van der Waals surface area contributed by atoms with Crippen molar-refractivity contribution in [2.24, 2.45) is 4.99 Å². The van der Waals surface area contributed by atoms with Crippen molar-refractivity contribution in [1.29, 1.82) is 0 Å². The summed E-state index contributed by atoms with van der Waals surface area (Å²) in [7, 11) is 0. The molecule has 1 aromatic rings. The third-order valence-electron chi connectivity index (χ3n) is 4.43. The van der Waals surface area contributed by atoms with E-state index < -0.39 is 11.6 Å². The van der Waals surface area contributed by atoms with Gasteiger partial charge in [0.1, 0.15) is 18.2 Å². The highest BCUT2D eigenvalue weighted by molar-refractivity contribution is 5.90. The molecule has 1 unspecified atom stereocenters. The van der Waals surface area contributed by atoms with Crippen molar-refractivity contribution >= 4 is 11.8 Å². The quantitative estimate of drug-likeness (QED) is 0.878. The van der Waals surface area contributed by atoms with Crippen LogP contribution in [0.2, 0.25) is 0 Å². The molecule has 1 aromatic carbocycles. The molecule has 0 saturated carbocycles. The van der Waals surface area contributed by atoms with E-state index in [0.29, 0.717) is 30.4 Å². The van der Waals surface area contributed by atoms with Crippen molar-refractivity contribution in [3.8, 4) is 0 Å². The van der Waals surface area contributed by atoms with Crippen molar-refractivity contribution < 1.29 is 18.3 Å². The van der Waals surface area contributed by atoms with Crippen LogP contribution in [-0.2, 0) is 16.1 Å². The Balaban J connectivity index is 1.51. The molecule has 2 saturated heterocycles. The molecule has 3 aliphatic heterocycles. The molecule has 3 aliphatic rings. The van der Waals surface area contributed by atoms with Gasteiger partial charge in [-0.3, -0.25) is 4.79 Å². The van der Waals surface area contributed by atoms with Crippen molar-refractivity contribution in [3.05, 3.63) is 59.7 Å². The van der Waals surface area contributed by atoms with Crippen molar-refractivity contribution in [1.82, 2.24) is 15.1 Å². The normalized spacial score (nSPS) is 22.1. The molecule has 25 heavy (non-hydrogen) atoms. The van der Waals surface area contributed by atoms with Crippen molar-refractivity contribution in [2.45, 2.75) is 12.6 Å². The second kappa shape index (κ2) is 5.87. The number of hydrogen-bond acceptors (Lipinski definition) is 5. The van der Waals surface area contributed by atoms with E-state index in [9.17, 15) is 13.6 Å². The van der Waals surface area contributed by atoms with E-state index in [2.05, 4.69) is 16.9 Å². The van der Waals surface area contributed by atoms with Crippen LogP contribution in [0.5, 0.6) is 0 Å². The fourth-order valence-corrected chi connectivity index (χ4v) is 3.16. The van der Waals surface area contributed by atoms with E-state index in [1.54, 1.807) is 6.08 Å². The number of amides is 1. The third kappa shape index (κ3) is 2.84. The van der Waals surface area contributed by atoms with Crippen LogP contribution >= 0.6 is 0 Å². The van der Waals surface area contributed by atoms with E-state index in [0.717, 1.165) is 18.0 Å². The van der Waals surface area contributed by atoms with Crippen LogP contribution in [0.1, 0.15) is 5.56 Å². The summed E-state index contributed by atoms with van der Waals surface area (Å²) in [5, 5.41) is 2.85. The fraction of sp³-hybridized carbons (Fsp3) is 0.294. The summed E-state index contributed by atoms with van der Waals surface area (Å²) in [6, 6.07) is 3.77. The number of nitrogens with one attached hydrogen (secondary N) is 1. The molecular weight excluding hydrogens is 330 g/mol. The lowest BCUT2D eigenvalue weighted by Gasteiger charge is -2.31. The largest absolute Gasteiger partial charge is 0.473 e. The van der Waals surface area contributed by atoms with E-state index in [4.69, 9.17) is 4.74 Å². The van der Waals surface area contributed by atoms with Crippen LogP contribution in [0.15, 0.2) is 47.5 Å². The van der Waals surface area contributed by atoms with Gasteiger partial charge in [0.15, 0.2) is 11.6 Å². The molecule has 6 nitrogen and oxygen atoms in total. The van der Waals surface area contributed by atoms with Gasteiger partial charge in [-0.2, -0.15) is 4.99 Å². The van der Waals surface area contributed by atoms with Crippen molar-refractivity contribution in [2.75, 3.05) is 19.6 Å². The minimum Gasteiger partial charge on any atom is -0.473 e. The van der Waals surface area contributed by atoms with Crippen LogP contribution in [0.4, 0.5) is 8.78 Å². The van der Waals surface area contributed by atoms with Gasteiger partial charge in [-0.1, -0.05) is 12.6 Å². The molecule has 4 rings (SSSR count). The first kappa shape index (κ1) is 15.6. The average molecular weight is 346 g/mol. The lowest BCUT2D eigenvalue weighted by atomic mass is 10.2. The molecule has 0 spiro atoms. The molecule has 1 N–H and O–H groups in total. The monoisotopic (exact) mass is 346 g/mol. The number of fused-ring (bicyclic) bond motifs is 3. The maximum atomic E-state index is 13.3. The van der Waals surface area contributed by atoms with Gasteiger partial charge in [-0.05, 0) is 17.7 Å². The first-order chi connectivity index (χ1) is 12.0. The molecule has 1 atom stereocenters. The van der Waals surface area contributed by atoms with E-state index in [1.165, 1.54) is 6.07 Å². The van der Waals surface area contributed by atoms with E-state index >= 15 is 0 Å². The highest BCUT2D eigenvalue weighted by atomic mass is 19.2. The van der Waals surface area contributed by atoms with Gasteiger partial charge in [0.05, 0.1) is 12.6 Å². The molecule has 3 heterocycles. The fourth-order valence-electron chi connectivity index (χ4n) is 3.16. The molecule has 0 bridgehead atoms. The molecule has 1 amide bonds. The van der Waals surface area contributed by atoms with Gasteiger partial charge in [0.25, 0.3) is 0 Å². The van der Waals surface area contributed by atoms with Crippen LogP contribution in [0.25, 0.3) is 0 Å². The number of nitrogens with zero attached hydrogens (tertiary/aromatic N) is 3. The summed E-state index contributed by atoms with van der Waals surface area (Å²) in [5.41, 5.74) is 0.495. The Morgan fingerprint density at radius 2 is 2.20 bits per heavy atom. The Morgan fingerprint density at radius 1 is 1.36 bits per heavy atom. The van der Waals surface area contributed by atoms with Crippen LogP contribution in [0.3, 0.4) is 0 Å². The lowest BCUT2D eigenvalue weighted by Crippen LogP contribution is -2.51. The lowest BCUT2D eigenvalue weighted by molar-refractivity contribution is -0.124. The number of aliphatic imine (C=N–C) groups is 1. The Hall–Kier alpha value is -2.90. The predicted molar refractivity (Wildman–Crippen MR) is 86.0 cm³/mol. The Kier molecular flexibility index (Phi) is 3.67. The Bertz CT molecular complexity index is 821. The zero-order valence-electron chi connectivity index (χ0n) is 13.3. The van der Waals surface area contributed by atoms with Gasteiger partial charge in [-0.15, -0.1) is 0 Å². The van der Waals surface area contributed by atoms with Gasteiger partial charge in [0, 0.05) is 19.2 Å². The zero-order chi connectivity index (χ0) is 17.6. The standard InChI is InChI=1S/C17H16F2N4O2/c1-10-21-16(25-9-11-2-3-13(18)14(19)4-11)5-17-22(10)7-12-6-20-15(24)8-23(12)17/h2-5,12H,1,6-9H2,(H,20,24). The summed E-state index contributed by atoms with van der Waals surface area (Å²) >= 11 is 0. The predicted octanol–water partition coefficient (Wildman–Crippen LogP) is 1.32. The SMILES string of the molecule is C=C1N=C(OCc2ccc(F)c(F)c2)C=C2N1CC1CNC(=O)CN21. The number of halogens is 2. The number of benzene rings is 1. The van der Waals surface area contributed by atoms with Gasteiger partial charge in [0.2, 0.25) is 11.8 Å². The highest BCUT2D eigenvalue weighted by Crippen LogP contribution is 2.31. The number of hydrogen-bond donors (Lipinski definition) is 1. The van der Waals surface area contributed by atoms with E-state index in [-0.39, 0.29) is 25.1 Å². The zero-order valence-corrected chi connectivity index (χ0v) is 13.3. The molecule has 0 aliphatic carbocycles. The van der Waals surface area contributed by atoms with Crippen molar-refractivity contribution in [3.63, 3.8) is 0 Å². The van der Waals surface area contributed by atoms with Crippen LogP contribution < -0.4 is 5.32 Å². The smallest absolute Gasteiger partial charge is 0.239 e. The number of carbonyl (C=O) groups is 1. The minimum absolute atomic E-state index is 0.0311. The van der Waals surface area contributed by atoms with Gasteiger partial charge < -0.3 is 19.9 Å². The second-order valence-corrected chi connectivity index (χ2v) is 6.10. The summed E-state index contributed by atoms with van der Waals surface area (Å²) in [5.74, 6) is -0.173. The average Bonchev–Trinajstić information content (AvgIpc) is 2.95. The number of ether oxygens (including phenoxy) is 1. The molecule has 0 aromatic heterocycles. The highest BCUT2D eigenvalue weighted by Gasteiger charge is 2.40. The maximum Gasteiger partial charge on any atom is 0.239 e. The molecular formula is C17H16F2N4O2. The first-order valence-electron chi connectivity index (χ1n) is 7.88. The topological polar surface area (TPSA) is 57.2 Å². The number of piperazine rings is 1. The van der Waals surface area contributed by atoms with E-state index in [1.807, 2.05) is 9.80 Å². The molecule has 8 heteroatoms. The van der Waals surface area contributed by atoms with Crippen LogP contribution in [-0.4, -0.2) is 47.3 Å². The second-order valence-electron chi connectivity index (χ2n) is 6.10. The Labute approximate surface area is 143 Å². The third-order valence-corrected chi connectivity index (χ3v) is 4.43. The molecule has 0 radical (unpaired) electrons. The molecule has 130 valence electrons.